The standard InChI is InChI=1S/C25H23FN2O3/c1-16(2)22(28-24(30)18-11-13-20(26)14-12-18)25(31)27-21-10-6-9-19(15-21)23(29)17-7-4-3-5-8-17/h3-16,22H,1-2H3,(H,27,31)(H,28,30). The Morgan fingerprint density at radius 1 is 0.774 bits per heavy atom. The molecule has 0 heterocycles. The van der Waals surface area contributed by atoms with Crippen LogP contribution in [0.2, 0.25) is 0 Å². The highest BCUT2D eigenvalue weighted by atomic mass is 19.1. The average Bonchev–Trinajstić information content (AvgIpc) is 2.77. The fourth-order valence-electron chi connectivity index (χ4n) is 3.08. The average molecular weight is 418 g/mol. The molecule has 0 aliphatic carbocycles. The molecule has 2 amide bonds. The fraction of sp³-hybridized carbons (Fsp3) is 0.160. The lowest BCUT2D eigenvalue weighted by molar-refractivity contribution is -0.118. The summed E-state index contributed by atoms with van der Waals surface area (Å²) in [6.07, 6.45) is 0. The summed E-state index contributed by atoms with van der Waals surface area (Å²) in [6.45, 7) is 3.62. The highest BCUT2D eigenvalue weighted by Crippen LogP contribution is 2.16. The first-order valence-corrected chi connectivity index (χ1v) is 9.92. The molecule has 0 aliphatic heterocycles. The molecular weight excluding hydrogens is 395 g/mol. The smallest absolute Gasteiger partial charge is 0.251 e. The Labute approximate surface area is 180 Å². The van der Waals surface area contributed by atoms with E-state index in [9.17, 15) is 18.8 Å². The first kappa shape index (κ1) is 21.9. The number of hydrogen-bond donors (Lipinski definition) is 2. The molecule has 2 N–H and O–H groups in total. The van der Waals surface area contributed by atoms with Crippen molar-refractivity contribution in [1.82, 2.24) is 5.32 Å². The van der Waals surface area contributed by atoms with Gasteiger partial charge in [-0.15, -0.1) is 0 Å². The SMILES string of the molecule is CC(C)C(NC(=O)c1ccc(F)cc1)C(=O)Nc1cccc(C(=O)c2ccccc2)c1. The van der Waals surface area contributed by atoms with Crippen LogP contribution in [0, 0.1) is 11.7 Å². The minimum atomic E-state index is -0.814. The van der Waals surface area contributed by atoms with Gasteiger partial charge in [0.1, 0.15) is 11.9 Å². The van der Waals surface area contributed by atoms with Crippen molar-refractivity contribution in [2.45, 2.75) is 19.9 Å². The summed E-state index contributed by atoms with van der Waals surface area (Å²) in [7, 11) is 0. The molecule has 3 rings (SSSR count). The Kier molecular flexibility index (Phi) is 6.92. The molecule has 3 aromatic rings. The van der Waals surface area contributed by atoms with E-state index in [2.05, 4.69) is 10.6 Å². The van der Waals surface area contributed by atoms with Crippen molar-refractivity contribution in [3.05, 3.63) is 101 Å². The number of carbonyl (C=O) groups excluding carboxylic acids is 3. The Balaban J connectivity index is 1.73. The molecule has 3 aromatic carbocycles. The maximum atomic E-state index is 13.1. The second-order valence-corrected chi connectivity index (χ2v) is 7.47. The van der Waals surface area contributed by atoms with Crippen molar-refractivity contribution >= 4 is 23.3 Å². The maximum absolute atomic E-state index is 13.1. The summed E-state index contributed by atoms with van der Waals surface area (Å²) >= 11 is 0. The Hall–Kier alpha value is -3.80. The number of halogens is 1. The van der Waals surface area contributed by atoms with E-state index >= 15 is 0 Å². The second kappa shape index (κ2) is 9.80. The van der Waals surface area contributed by atoms with Crippen LogP contribution in [0.15, 0.2) is 78.9 Å². The minimum Gasteiger partial charge on any atom is -0.340 e. The van der Waals surface area contributed by atoms with Gasteiger partial charge in [0.25, 0.3) is 5.91 Å². The largest absolute Gasteiger partial charge is 0.340 e. The Morgan fingerprint density at radius 3 is 2.06 bits per heavy atom. The van der Waals surface area contributed by atoms with E-state index in [1.807, 2.05) is 19.9 Å². The quantitative estimate of drug-likeness (QED) is 0.557. The van der Waals surface area contributed by atoms with Crippen LogP contribution < -0.4 is 10.6 Å². The van der Waals surface area contributed by atoms with Gasteiger partial charge in [0.05, 0.1) is 0 Å². The third kappa shape index (κ3) is 5.63. The molecule has 6 heteroatoms. The van der Waals surface area contributed by atoms with Crippen molar-refractivity contribution in [3.63, 3.8) is 0 Å². The summed E-state index contributed by atoms with van der Waals surface area (Å²) in [5.41, 5.74) is 1.71. The van der Waals surface area contributed by atoms with E-state index in [1.54, 1.807) is 48.5 Å². The Morgan fingerprint density at radius 2 is 1.42 bits per heavy atom. The van der Waals surface area contributed by atoms with Crippen LogP contribution in [0.3, 0.4) is 0 Å². The summed E-state index contributed by atoms with van der Waals surface area (Å²) < 4.78 is 13.1. The predicted molar refractivity (Wildman–Crippen MR) is 117 cm³/mol. The molecule has 0 fully saturated rings. The van der Waals surface area contributed by atoms with Crippen LogP contribution in [0.5, 0.6) is 0 Å². The molecule has 0 saturated carbocycles. The Bertz CT molecular complexity index is 1080. The molecule has 31 heavy (non-hydrogen) atoms. The first-order valence-electron chi connectivity index (χ1n) is 9.92. The maximum Gasteiger partial charge on any atom is 0.251 e. The predicted octanol–water partition coefficient (Wildman–Crippen LogP) is 4.45. The van der Waals surface area contributed by atoms with Gasteiger partial charge in [-0.25, -0.2) is 4.39 Å². The van der Waals surface area contributed by atoms with E-state index in [0.29, 0.717) is 16.8 Å². The summed E-state index contributed by atoms with van der Waals surface area (Å²) in [5, 5.41) is 5.47. The molecule has 1 atom stereocenters. The molecule has 158 valence electrons. The molecule has 5 nitrogen and oxygen atoms in total. The van der Waals surface area contributed by atoms with Crippen molar-refractivity contribution in [2.24, 2.45) is 5.92 Å². The van der Waals surface area contributed by atoms with E-state index in [0.717, 1.165) is 0 Å². The van der Waals surface area contributed by atoms with Gasteiger partial charge in [0.15, 0.2) is 5.78 Å². The summed E-state index contributed by atoms with van der Waals surface area (Å²) in [6, 6.07) is 19.8. The topological polar surface area (TPSA) is 75.3 Å². The minimum absolute atomic E-state index is 0.151. The number of hydrogen-bond acceptors (Lipinski definition) is 3. The van der Waals surface area contributed by atoms with Gasteiger partial charge < -0.3 is 10.6 Å². The van der Waals surface area contributed by atoms with E-state index in [1.165, 1.54) is 24.3 Å². The molecule has 0 aliphatic rings. The summed E-state index contributed by atoms with van der Waals surface area (Å²) in [4.78, 5) is 38.0. The van der Waals surface area contributed by atoms with Crippen LogP contribution in [-0.2, 0) is 4.79 Å². The van der Waals surface area contributed by atoms with E-state index in [4.69, 9.17) is 0 Å². The monoisotopic (exact) mass is 418 g/mol. The molecular formula is C25H23FN2O3. The van der Waals surface area contributed by atoms with Crippen molar-refractivity contribution in [3.8, 4) is 0 Å². The molecule has 1 unspecified atom stereocenters. The van der Waals surface area contributed by atoms with Gasteiger partial charge in [-0.3, -0.25) is 14.4 Å². The molecule has 0 saturated heterocycles. The lowest BCUT2D eigenvalue weighted by atomic mass is 10.0. The zero-order valence-corrected chi connectivity index (χ0v) is 17.3. The fourth-order valence-corrected chi connectivity index (χ4v) is 3.08. The third-order valence-electron chi connectivity index (χ3n) is 4.77. The summed E-state index contributed by atoms with van der Waals surface area (Å²) in [5.74, 6) is -1.67. The van der Waals surface area contributed by atoms with Gasteiger partial charge >= 0.3 is 0 Å². The van der Waals surface area contributed by atoms with Gasteiger partial charge in [0, 0.05) is 22.4 Å². The van der Waals surface area contributed by atoms with Crippen molar-refractivity contribution < 1.29 is 18.8 Å². The number of amides is 2. The lowest BCUT2D eigenvalue weighted by Gasteiger charge is -2.22. The highest BCUT2D eigenvalue weighted by Gasteiger charge is 2.25. The number of rotatable bonds is 7. The van der Waals surface area contributed by atoms with Gasteiger partial charge in [-0.1, -0.05) is 56.3 Å². The molecule has 0 spiro atoms. The number of carbonyl (C=O) groups is 3. The number of benzene rings is 3. The number of nitrogens with one attached hydrogen (secondary N) is 2. The van der Waals surface area contributed by atoms with Gasteiger partial charge in [-0.2, -0.15) is 0 Å². The van der Waals surface area contributed by atoms with Crippen LogP contribution in [0.25, 0.3) is 0 Å². The molecule has 0 radical (unpaired) electrons. The lowest BCUT2D eigenvalue weighted by Crippen LogP contribution is -2.47. The van der Waals surface area contributed by atoms with Gasteiger partial charge in [0.2, 0.25) is 5.91 Å². The number of ketones is 1. The second-order valence-electron chi connectivity index (χ2n) is 7.47. The molecule has 0 aromatic heterocycles. The zero-order chi connectivity index (χ0) is 22.4. The molecule has 0 bridgehead atoms. The third-order valence-corrected chi connectivity index (χ3v) is 4.77. The van der Waals surface area contributed by atoms with Crippen LogP contribution in [0.4, 0.5) is 10.1 Å². The first-order chi connectivity index (χ1) is 14.8. The normalized spacial score (nSPS) is 11.6. The highest BCUT2D eigenvalue weighted by molar-refractivity contribution is 6.10. The van der Waals surface area contributed by atoms with Crippen molar-refractivity contribution in [2.75, 3.05) is 5.32 Å². The van der Waals surface area contributed by atoms with Crippen molar-refractivity contribution in [1.29, 1.82) is 0 Å². The zero-order valence-electron chi connectivity index (χ0n) is 17.3. The van der Waals surface area contributed by atoms with Gasteiger partial charge in [-0.05, 0) is 42.3 Å². The van der Waals surface area contributed by atoms with Crippen LogP contribution in [-0.4, -0.2) is 23.6 Å². The number of anilines is 1. The van der Waals surface area contributed by atoms with E-state index < -0.39 is 23.7 Å². The van der Waals surface area contributed by atoms with E-state index in [-0.39, 0.29) is 17.3 Å². The van der Waals surface area contributed by atoms with Crippen LogP contribution in [0.1, 0.15) is 40.1 Å². The van der Waals surface area contributed by atoms with Crippen LogP contribution >= 0.6 is 0 Å².